The van der Waals surface area contributed by atoms with Gasteiger partial charge in [-0.3, -0.25) is 5.10 Å². The van der Waals surface area contributed by atoms with E-state index in [2.05, 4.69) is 39.8 Å². The smallest absolute Gasteiger partial charge is 0.0672 e. The van der Waals surface area contributed by atoms with E-state index in [1.54, 1.807) is 6.20 Å². The van der Waals surface area contributed by atoms with Gasteiger partial charge in [-0.05, 0) is 24.1 Å². The molecule has 0 unspecified atom stereocenters. The number of aromatic amines is 1. The number of benzene rings is 2. The number of nitrogens with one attached hydrogen (secondary N) is 2. The van der Waals surface area contributed by atoms with Crippen LogP contribution in [-0.2, 0) is 6.42 Å². The normalized spacial score (nSPS) is 10.7. The van der Waals surface area contributed by atoms with Crippen LogP contribution in [0.2, 0.25) is 0 Å². The maximum absolute atomic E-state index is 6.02. The molecular formula is C15H16N4. The highest BCUT2D eigenvalue weighted by Crippen LogP contribution is 2.24. The Hall–Kier alpha value is -2.49. The number of rotatable bonds is 4. The molecule has 0 spiro atoms. The Morgan fingerprint density at radius 3 is 2.84 bits per heavy atom. The molecule has 4 heteroatoms. The highest BCUT2D eigenvalue weighted by Gasteiger charge is 2.03. The van der Waals surface area contributed by atoms with Crippen LogP contribution in [0.4, 0.5) is 11.4 Å². The molecular weight excluding hydrogens is 236 g/mol. The molecule has 0 aliphatic heterocycles. The van der Waals surface area contributed by atoms with Crippen LogP contribution in [0.1, 0.15) is 5.56 Å². The van der Waals surface area contributed by atoms with Crippen LogP contribution in [-0.4, -0.2) is 16.7 Å². The van der Waals surface area contributed by atoms with E-state index in [0.29, 0.717) is 0 Å². The molecule has 0 radical (unpaired) electrons. The standard InChI is InChI=1S/C15H16N4/c16-13-8-12-10-18-19-14(12)9-15(13)17-7-6-11-4-2-1-3-5-11/h1-5,8-10,17H,6-7,16H2,(H,18,19). The predicted molar refractivity (Wildman–Crippen MR) is 79.1 cm³/mol. The van der Waals surface area contributed by atoms with Gasteiger partial charge in [0.25, 0.3) is 0 Å². The summed E-state index contributed by atoms with van der Waals surface area (Å²) >= 11 is 0. The lowest BCUT2D eigenvalue weighted by Crippen LogP contribution is -2.06. The van der Waals surface area contributed by atoms with Crippen molar-refractivity contribution in [2.24, 2.45) is 0 Å². The van der Waals surface area contributed by atoms with Crippen LogP contribution < -0.4 is 11.1 Å². The Morgan fingerprint density at radius 1 is 1.16 bits per heavy atom. The first-order valence-electron chi connectivity index (χ1n) is 6.33. The summed E-state index contributed by atoms with van der Waals surface area (Å²) in [5.74, 6) is 0. The van der Waals surface area contributed by atoms with E-state index in [4.69, 9.17) is 5.73 Å². The van der Waals surface area contributed by atoms with Crippen molar-refractivity contribution in [2.45, 2.75) is 6.42 Å². The molecule has 3 aromatic rings. The molecule has 0 atom stereocenters. The number of nitrogen functional groups attached to an aromatic ring is 1. The van der Waals surface area contributed by atoms with Crippen LogP contribution in [0.15, 0.2) is 48.7 Å². The van der Waals surface area contributed by atoms with E-state index in [1.807, 2.05) is 18.2 Å². The maximum atomic E-state index is 6.02. The second-order valence-electron chi connectivity index (χ2n) is 4.56. The third kappa shape index (κ3) is 2.52. The summed E-state index contributed by atoms with van der Waals surface area (Å²) < 4.78 is 0. The number of fused-ring (bicyclic) bond motifs is 1. The molecule has 0 amide bonds. The fraction of sp³-hybridized carbons (Fsp3) is 0.133. The van der Waals surface area contributed by atoms with E-state index < -0.39 is 0 Å². The number of aromatic nitrogens is 2. The largest absolute Gasteiger partial charge is 0.397 e. The molecule has 0 bridgehead atoms. The van der Waals surface area contributed by atoms with E-state index in [9.17, 15) is 0 Å². The molecule has 19 heavy (non-hydrogen) atoms. The van der Waals surface area contributed by atoms with E-state index in [-0.39, 0.29) is 0 Å². The molecule has 0 aliphatic rings. The van der Waals surface area contributed by atoms with Gasteiger partial charge in [-0.25, -0.2) is 0 Å². The quantitative estimate of drug-likeness (QED) is 0.625. The van der Waals surface area contributed by atoms with Crippen molar-refractivity contribution < 1.29 is 0 Å². The van der Waals surface area contributed by atoms with Crippen molar-refractivity contribution in [1.82, 2.24) is 10.2 Å². The zero-order chi connectivity index (χ0) is 13.1. The molecule has 4 nitrogen and oxygen atoms in total. The number of hydrogen-bond donors (Lipinski definition) is 3. The van der Waals surface area contributed by atoms with E-state index in [0.717, 1.165) is 35.2 Å². The zero-order valence-corrected chi connectivity index (χ0v) is 10.6. The summed E-state index contributed by atoms with van der Waals surface area (Å²) in [6, 6.07) is 14.3. The van der Waals surface area contributed by atoms with Crippen LogP contribution in [0.3, 0.4) is 0 Å². The highest BCUT2D eigenvalue weighted by molar-refractivity contribution is 5.88. The van der Waals surface area contributed by atoms with Gasteiger partial charge in [-0.1, -0.05) is 30.3 Å². The van der Waals surface area contributed by atoms with Gasteiger partial charge >= 0.3 is 0 Å². The molecule has 4 N–H and O–H groups in total. The van der Waals surface area contributed by atoms with Gasteiger partial charge in [0.2, 0.25) is 0 Å². The Balaban J connectivity index is 1.69. The lowest BCUT2D eigenvalue weighted by atomic mass is 10.1. The second-order valence-corrected chi connectivity index (χ2v) is 4.56. The average Bonchev–Trinajstić information content (AvgIpc) is 2.87. The fourth-order valence-corrected chi connectivity index (χ4v) is 2.15. The van der Waals surface area contributed by atoms with Crippen LogP contribution >= 0.6 is 0 Å². The molecule has 0 saturated carbocycles. The number of H-pyrrole nitrogens is 1. The molecule has 0 saturated heterocycles. The van der Waals surface area contributed by atoms with Crippen molar-refractivity contribution in [3.8, 4) is 0 Å². The summed E-state index contributed by atoms with van der Waals surface area (Å²) in [6.45, 7) is 0.855. The van der Waals surface area contributed by atoms with Crippen molar-refractivity contribution in [3.63, 3.8) is 0 Å². The van der Waals surface area contributed by atoms with E-state index in [1.165, 1.54) is 5.56 Å². The molecule has 0 fully saturated rings. The van der Waals surface area contributed by atoms with Gasteiger partial charge in [0.05, 0.1) is 23.1 Å². The van der Waals surface area contributed by atoms with Gasteiger partial charge < -0.3 is 11.1 Å². The average molecular weight is 252 g/mol. The Labute approximate surface area is 111 Å². The molecule has 0 aliphatic carbocycles. The summed E-state index contributed by atoms with van der Waals surface area (Å²) in [5.41, 5.74) is 10.0. The lowest BCUT2D eigenvalue weighted by molar-refractivity contribution is 1.02. The minimum atomic E-state index is 0.752. The molecule has 96 valence electrons. The minimum Gasteiger partial charge on any atom is -0.397 e. The first kappa shape index (κ1) is 11.6. The lowest BCUT2D eigenvalue weighted by Gasteiger charge is -2.09. The molecule has 2 aromatic carbocycles. The zero-order valence-electron chi connectivity index (χ0n) is 10.6. The second kappa shape index (κ2) is 5.02. The van der Waals surface area contributed by atoms with Gasteiger partial charge in [0.15, 0.2) is 0 Å². The van der Waals surface area contributed by atoms with Gasteiger partial charge in [-0.2, -0.15) is 5.10 Å². The van der Waals surface area contributed by atoms with Crippen LogP contribution in [0.5, 0.6) is 0 Å². The van der Waals surface area contributed by atoms with Crippen molar-refractivity contribution in [2.75, 3.05) is 17.6 Å². The maximum Gasteiger partial charge on any atom is 0.0672 e. The Bertz CT molecular complexity index is 673. The Morgan fingerprint density at radius 2 is 2.00 bits per heavy atom. The van der Waals surface area contributed by atoms with E-state index >= 15 is 0 Å². The molecule has 1 aromatic heterocycles. The van der Waals surface area contributed by atoms with Crippen LogP contribution in [0.25, 0.3) is 10.9 Å². The fourth-order valence-electron chi connectivity index (χ4n) is 2.15. The third-order valence-electron chi connectivity index (χ3n) is 3.18. The van der Waals surface area contributed by atoms with Crippen molar-refractivity contribution >= 4 is 22.3 Å². The first-order valence-corrected chi connectivity index (χ1v) is 6.33. The highest BCUT2D eigenvalue weighted by atomic mass is 15.1. The SMILES string of the molecule is Nc1cc2cn[nH]c2cc1NCCc1ccccc1. The van der Waals surface area contributed by atoms with Crippen LogP contribution in [0, 0.1) is 0 Å². The predicted octanol–water partition coefficient (Wildman–Crippen LogP) is 2.80. The van der Waals surface area contributed by atoms with Gasteiger partial charge in [-0.15, -0.1) is 0 Å². The number of hydrogen-bond acceptors (Lipinski definition) is 3. The summed E-state index contributed by atoms with van der Waals surface area (Å²) in [6.07, 6.45) is 2.75. The number of nitrogens with zero attached hydrogens (tertiary/aromatic N) is 1. The minimum absolute atomic E-state index is 0.752. The summed E-state index contributed by atoms with van der Waals surface area (Å²) in [4.78, 5) is 0. The van der Waals surface area contributed by atoms with Gasteiger partial charge in [0, 0.05) is 11.9 Å². The first-order chi connectivity index (χ1) is 9.33. The Kier molecular flexibility index (Phi) is 3.06. The number of anilines is 2. The van der Waals surface area contributed by atoms with Gasteiger partial charge in [0.1, 0.15) is 0 Å². The number of nitrogens with two attached hydrogens (primary N) is 1. The summed E-state index contributed by atoms with van der Waals surface area (Å²) in [5, 5.41) is 11.4. The third-order valence-corrected chi connectivity index (χ3v) is 3.18. The molecule has 3 rings (SSSR count). The van der Waals surface area contributed by atoms with Crippen molar-refractivity contribution in [1.29, 1.82) is 0 Å². The monoisotopic (exact) mass is 252 g/mol. The van der Waals surface area contributed by atoms with Crippen molar-refractivity contribution in [3.05, 3.63) is 54.2 Å². The molecule has 1 heterocycles. The summed E-state index contributed by atoms with van der Waals surface area (Å²) in [7, 11) is 0. The topological polar surface area (TPSA) is 66.7 Å².